The number of amides is 1. The van der Waals surface area contributed by atoms with Gasteiger partial charge >= 0.3 is 0 Å². The van der Waals surface area contributed by atoms with Crippen molar-refractivity contribution in [3.05, 3.63) is 65.0 Å². The lowest BCUT2D eigenvalue weighted by molar-refractivity contribution is -0.118. The highest BCUT2D eigenvalue weighted by atomic mass is 19.1. The van der Waals surface area contributed by atoms with E-state index in [0.29, 0.717) is 0 Å². The summed E-state index contributed by atoms with van der Waals surface area (Å²) in [6.07, 6.45) is 1.63. The van der Waals surface area contributed by atoms with E-state index in [4.69, 9.17) is 0 Å². The zero-order valence-corrected chi connectivity index (χ0v) is 12.2. The van der Waals surface area contributed by atoms with E-state index >= 15 is 0 Å². The van der Waals surface area contributed by atoms with Gasteiger partial charge in [0.05, 0.1) is 5.41 Å². The van der Waals surface area contributed by atoms with Gasteiger partial charge in [0.25, 0.3) is 0 Å². The minimum absolute atomic E-state index is 0.00244. The van der Waals surface area contributed by atoms with Crippen molar-refractivity contribution in [1.82, 2.24) is 0 Å². The lowest BCUT2D eigenvalue weighted by Crippen LogP contribution is -2.27. The fraction of sp³-hybridized carbons (Fsp3) is 0.278. The second-order valence-electron chi connectivity index (χ2n) is 5.84. The molecule has 0 heterocycles. The largest absolute Gasteiger partial charge is 0.325 e. The molecule has 1 N–H and O–H groups in total. The van der Waals surface area contributed by atoms with Crippen LogP contribution in [0.3, 0.4) is 0 Å². The number of carbonyl (C=O) groups is 1. The first-order valence-corrected chi connectivity index (χ1v) is 7.16. The Balaban J connectivity index is 1.81. The number of carbonyl (C=O) groups excluding carboxylic acids is 1. The van der Waals surface area contributed by atoms with Gasteiger partial charge in [-0.3, -0.25) is 4.79 Å². The van der Waals surface area contributed by atoms with E-state index < -0.39 is 5.41 Å². The van der Waals surface area contributed by atoms with E-state index in [-0.39, 0.29) is 11.7 Å². The summed E-state index contributed by atoms with van der Waals surface area (Å²) in [5, 5.41) is 2.99. The third-order valence-electron chi connectivity index (χ3n) is 4.35. The van der Waals surface area contributed by atoms with Crippen molar-refractivity contribution in [2.75, 3.05) is 5.32 Å². The molecule has 108 valence electrons. The first-order chi connectivity index (χ1) is 10.0. The Labute approximate surface area is 124 Å². The molecular weight excluding hydrogens is 265 g/mol. The first-order valence-electron chi connectivity index (χ1n) is 7.16. The summed E-state index contributed by atoms with van der Waals surface area (Å²) in [5.74, 6) is -0.276. The van der Waals surface area contributed by atoms with Gasteiger partial charge in [0.2, 0.25) is 5.91 Å². The maximum Gasteiger partial charge on any atom is 0.235 e. The second-order valence-corrected chi connectivity index (χ2v) is 5.84. The predicted molar refractivity (Wildman–Crippen MR) is 81.9 cm³/mol. The van der Waals surface area contributed by atoms with Gasteiger partial charge in [-0.05, 0) is 67.6 Å². The molecule has 0 spiro atoms. The Morgan fingerprint density at radius 3 is 2.29 bits per heavy atom. The maximum atomic E-state index is 13.0. The van der Waals surface area contributed by atoms with E-state index in [0.717, 1.165) is 29.7 Å². The summed E-state index contributed by atoms with van der Waals surface area (Å²) in [4.78, 5) is 12.6. The highest BCUT2D eigenvalue weighted by Crippen LogP contribution is 2.49. The molecular formula is C18H18FNO. The van der Waals surface area contributed by atoms with E-state index in [2.05, 4.69) is 5.32 Å². The monoisotopic (exact) mass is 283 g/mol. The van der Waals surface area contributed by atoms with Crippen LogP contribution in [0.1, 0.15) is 29.5 Å². The number of hydrogen-bond acceptors (Lipinski definition) is 1. The number of hydrogen-bond donors (Lipinski definition) is 1. The van der Waals surface area contributed by atoms with E-state index in [1.807, 2.05) is 32.0 Å². The topological polar surface area (TPSA) is 29.1 Å². The van der Waals surface area contributed by atoms with Crippen molar-refractivity contribution in [2.24, 2.45) is 0 Å². The molecule has 0 bridgehead atoms. The molecule has 1 amide bonds. The van der Waals surface area contributed by atoms with Crippen LogP contribution in [-0.2, 0) is 10.2 Å². The predicted octanol–water partition coefficient (Wildman–Crippen LogP) is 4.11. The molecule has 3 heteroatoms. The Hall–Kier alpha value is -2.16. The van der Waals surface area contributed by atoms with Crippen LogP contribution >= 0.6 is 0 Å². The highest BCUT2D eigenvalue weighted by Gasteiger charge is 2.51. The van der Waals surface area contributed by atoms with Crippen LogP contribution in [0.4, 0.5) is 10.1 Å². The quantitative estimate of drug-likeness (QED) is 0.902. The number of nitrogens with one attached hydrogen (secondary N) is 1. The summed E-state index contributed by atoms with van der Waals surface area (Å²) in [7, 11) is 0. The van der Waals surface area contributed by atoms with Gasteiger partial charge in [-0.1, -0.05) is 18.2 Å². The molecule has 2 nitrogen and oxygen atoms in total. The lowest BCUT2D eigenvalue weighted by atomic mass is 9.95. The van der Waals surface area contributed by atoms with Crippen LogP contribution < -0.4 is 5.32 Å². The van der Waals surface area contributed by atoms with Crippen LogP contribution in [0, 0.1) is 19.7 Å². The van der Waals surface area contributed by atoms with Gasteiger partial charge in [0, 0.05) is 5.69 Å². The highest BCUT2D eigenvalue weighted by molar-refractivity contribution is 6.01. The fourth-order valence-corrected chi connectivity index (χ4v) is 2.61. The van der Waals surface area contributed by atoms with Gasteiger partial charge < -0.3 is 5.32 Å². The van der Waals surface area contributed by atoms with Crippen molar-refractivity contribution < 1.29 is 9.18 Å². The van der Waals surface area contributed by atoms with Crippen molar-refractivity contribution in [3.63, 3.8) is 0 Å². The molecule has 0 unspecified atom stereocenters. The summed E-state index contributed by atoms with van der Waals surface area (Å²) in [6, 6.07) is 12.2. The molecule has 0 atom stereocenters. The Morgan fingerprint density at radius 2 is 1.71 bits per heavy atom. The van der Waals surface area contributed by atoms with Crippen LogP contribution in [0.5, 0.6) is 0 Å². The smallest absolute Gasteiger partial charge is 0.235 e. The normalized spacial score (nSPS) is 15.6. The van der Waals surface area contributed by atoms with E-state index in [1.54, 1.807) is 12.1 Å². The fourth-order valence-electron chi connectivity index (χ4n) is 2.61. The number of benzene rings is 2. The molecule has 0 radical (unpaired) electrons. The SMILES string of the molecule is Cc1ccc(NC(=O)C2(c3ccc(F)cc3)CC2)cc1C. The third-order valence-corrected chi connectivity index (χ3v) is 4.35. The van der Waals surface area contributed by atoms with Gasteiger partial charge in [-0.2, -0.15) is 0 Å². The molecule has 1 aliphatic rings. The number of halogens is 1. The Kier molecular flexibility index (Phi) is 3.28. The van der Waals surface area contributed by atoms with Crippen molar-refractivity contribution >= 4 is 11.6 Å². The number of anilines is 1. The summed E-state index contributed by atoms with van der Waals surface area (Å²) in [5.41, 5.74) is 3.58. The van der Waals surface area contributed by atoms with Gasteiger partial charge in [-0.25, -0.2) is 4.39 Å². The van der Waals surface area contributed by atoms with E-state index in [1.165, 1.54) is 17.7 Å². The van der Waals surface area contributed by atoms with Crippen LogP contribution in [0.25, 0.3) is 0 Å². The van der Waals surface area contributed by atoms with Crippen LogP contribution in [0.2, 0.25) is 0 Å². The third kappa shape index (κ3) is 2.56. The number of aryl methyl sites for hydroxylation is 2. The Bertz CT molecular complexity index is 687. The zero-order valence-electron chi connectivity index (χ0n) is 12.2. The molecule has 0 saturated heterocycles. The molecule has 1 aliphatic carbocycles. The van der Waals surface area contributed by atoms with Crippen molar-refractivity contribution in [1.29, 1.82) is 0 Å². The zero-order chi connectivity index (χ0) is 15.0. The minimum atomic E-state index is -0.480. The molecule has 0 aromatic heterocycles. The first kappa shape index (κ1) is 13.8. The molecule has 3 rings (SSSR count). The molecule has 1 saturated carbocycles. The van der Waals surface area contributed by atoms with Crippen molar-refractivity contribution in [2.45, 2.75) is 32.1 Å². The summed E-state index contributed by atoms with van der Waals surface area (Å²) in [6.45, 7) is 4.07. The molecule has 21 heavy (non-hydrogen) atoms. The summed E-state index contributed by atoms with van der Waals surface area (Å²) >= 11 is 0. The molecule has 2 aromatic carbocycles. The average Bonchev–Trinajstić information content (AvgIpc) is 3.25. The van der Waals surface area contributed by atoms with Gasteiger partial charge in [-0.15, -0.1) is 0 Å². The molecule has 0 aliphatic heterocycles. The summed E-state index contributed by atoms with van der Waals surface area (Å²) < 4.78 is 13.0. The lowest BCUT2D eigenvalue weighted by Gasteiger charge is -2.16. The molecule has 2 aromatic rings. The standard InChI is InChI=1S/C18H18FNO/c1-12-3-8-16(11-13(12)2)20-17(21)18(9-10-18)14-4-6-15(19)7-5-14/h3-8,11H,9-10H2,1-2H3,(H,20,21). The van der Waals surface area contributed by atoms with Crippen molar-refractivity contribution in [3.8, 4) is 0 Å². The van der Waals surface area contributed by atoms with Gasteiger partial charge in [0.15, 0.2) is 0 Å². The van der Waals surface area contributed by atoms with Gasteiger partial charge in [0.1, 0.15) is 5.82 Å². The van der Waals surface area contributed by atoms with E-state index in [9.17, 15) is 9.18 Å². The second kappa shape index (κ2) is 4.99. The van der Waals surface area contributed by atoms with Crippen LogP contribution in [-0.4, -0.2) is 5.91 Å². The van der Waals surface area contributed by atoms with Crippen LogP contribution in [0.15, 0.2) is 42.5 Å². The average molecular weight is 283 g/mol. The number of rotatable bonds is 3. The molecule has 1 fully saturated rings. The Morgan fingerprint density at radius 1 is 1.05 bits per heavy atom. The maximum absolute atomic E-state index is 13.0. The minimum Gasteiger partial charge on any atom is -0.325 e.